The van der Waals surface area contributed by atoms with Crippen LogP contribution in [0.1, 0.15) is 6.42 Å². The highest BCUT2D eigenvalue weighted by molar-refractivity contribution is 9.10. The molecule has 0 saturated heterocycles. The van der Waals surface area contributed by atoms with E-state index in [1.807, 2.05) is 18.2 Å². The van der Waals surface area contributed by atoms with E-state index in [0.29, 0.717) is 5.69 Å². The van der Waals surface area contributed by atoms with Crippen LogP contribution in [0, 0.1) is 0 Å². The summed E-state index contributed by atoms with van der Waals surface area (Å²) in [7, 11) is 0. The van der Waals surface area contributed by atoms with Gasteiger partial charge in [0.2, 0.25) is 0 Å². The summed E-state index contributed by atoms with van der Waals surface area (Å²) in [5.41, 5.74) is 7.59. The lowest BCUT2D eigenvalue weighted by Crippen LogP contribution is -1.94. The maximum Gasteiger partial charge on any atom is 0.0715 e. The van der Waals surface area contributed by atoms with Crippen molar-refractivity contribution in [2.24, 2.45) is 0 Å². The van der Waals surface area contributed by atoms with Crippen LogP contribution < -0.4 is 5.73 Å². The molecular formula is C12H13BrN2OS. The third kappa shape index (κ3) is 2.91. The molecule has 0 aliphatic rings. The van der Waals surface area contributed by atoms with Gasteiger partial charge in [-0.05, 0) is 24.6 Å². The third-order valence-electron chi connectivity index (χ3n) is 2.36. The fourth-order valence-corrected chi connectivity index (χ4v) is 2.93. The molecule has 0 saturated carbocycles. The zero-order valence-electron chi connectivity index (χ0n) is 9.19. The molecule has 0 spiro atoms. The van der Waals surface area contributed by atoms with Crippen molar-refractivity contribution in [1.82, 2.24) is 4.98 Å². The number of aliphatic hydroxyl groups is 1. The molecule has 0 aliphatic heterocycles. The lowest BCUT2D eigenvalue weighted by molar-refractivity contribution is 0.296. The van der Waals surface area contributed by atoms with Gasteiger partial charge in [0.15, 0.2) is 0 Å². The molecule has 3 N–H and O–H groups in total. The van der Waals surface area contributed by atoms with Gasteiger partial charge >= 0.3 is 0 Å². The Morgan fingerprint density at radius 3 is 3.00 bits per heavy atom. The number of fused-ring (bicyclic) bond motifs is 1. The lowest BCUT2D eigenvalue weighted by Gasteiger charge is -2.09. The third-order valence-corrected chi connectivity index (χ3v) is 4.09. The number of nitrogens with zero attached hydrogens (tertiary/aromatic N) is 1. The summed E-state index contributed by atoms with van der Waals surface area (Å²) in [6.45, 7) is 0.208. The Balaban J connectivity index is 2.43. The highest BCUT2D eigenvalue weighted by Crippen LogP contribution is 2.33. The molecular weight excluding hydrogens is 300 g/mol. The Morgan fingerprint density at radius 1 is 1.41 bits per heavy atom. The van der Waals surface area contributed by atoms with Gasteiger partial charge in [-0.25, -0.2) is 0 Å². The van der Waals surface area contributed by atoms with E-state index in [-0.39, 0.29) is 6.61 Å². The van der Waals surface area contributed by atoms with Crippen LogP contribution in [0.4, 0.5) is 5.69 Å². The van der Waals surface area contributed by atoms with E-state index in [4.69, 9.17) is 10.8 Å². The van der Waals surface area contributed by atoms with E-state index < -0.39 is 0 Å². The Bertz CT molecular complexity index is 528. The van der Waals surface area contributed by atoms with Crippen molar-refractivity contribution < 1.29 is 5.11 Å². The molecule has 0 fully saturated rings. The highest BCUT2D eigenvalue weighted by atomic mass is 79.9. The predicted octanol–water partition coefficient (Wildman–Crippen LogP) is 3.05. The molecule has 1 heterocycles. The van der Waals surface area contributed by atoms with Crippen LogP contribution in [0.3, 0.4) is 0 Å². The summed E-state index contributed by atoms with van der Waals surface area (Å²) >= 11 is 5.12. The van der Waals surface area contributed by atoms with Crippen LogP contribution in [-0.2, 0) is 0 Å². The number of pyridine rings is 1. The van der Waals surface area contributed by atoms with Crippen molar-refractivity contribution in [3.63, 3.8) is 0 Å². The molecule has 1 aromatic carbocycles. The maximum atomic E-state index is 8.81. The quantitative estimate of drug-likeness (QED) is 0.673. The molecule has 0 aliphatic carbocycles. The first-order valence-corrected chi connectivity index (χ1v) is 7.07. The molecule has 90 valence electrons. The van der Waals surface area contributed by atoms with Crippen LogP contribution in [0.25, 0.3) is 10.9 Å². The van der Waals surface area contributed by atoms with Crippen LogP contribution in [0.5, 0.6) is 0 Å². The summed E-state index contributed by atoms with van der Waals surface area (Å²) in [6.07, 6.45) is 2.46. The minimum atomic E-state index is 0.208. The standard InChI is InChI=1S/C12H13BrN2OS/c13-8-2-3-11-9(6-8)12(10(14)7-15-11)17-5-1-4-16/h2-3,6-7,16H,1,4-5,14H2. The Hall–Kier alpha value is -0.780. The number of aliphatic hydroxyl groups excluding tert-OH is 1. The largest absolute Gasteiger partial charge is 0.397 e. The topological polar surface area (TPSA) is 59.1 Å². The summed E-state index contributed by atoms with van der Waals surface area (Å²) < 4.78 is 1.02. The number of halogens is 1. The number of aromatic nitrogens is 1. The van der Waals surface area contributed by atoms with E-state index in [0.717, 1.165) is 32.4 Å². The van der Waals surface area contributed by atoms with E-state index in [1.165, 1.54) is 0 Å². The van der Waals surface area contributed by atoms with Crippen molar-refractivity contribution in [1.29, 1.82) is 0 Å². The number of hydrogen-bond acceptors (Lipinski definition) is 4. The monoisotopic (exact) mass is 312 g/mol. The number of hydrogen-bond donors (Lipinski definition) is 2. The summed E-state index contributed by atoms with van der Waals surface area (Å²) in [5, 5.41) is 9.86. The predicted molar refractivity (Wildman–Crippen MR) is 76.3 cm³/mol. The Kier molecular flexibility index (Phi) is 4.25. The summed E-state index contributed by atoms with van der Waals surface area (Å²) in [6, 6.07) is 5.96. The molecule has 0 amide bonds. The zero-order valence-corrected chi connectivity index (χ0v) is 11.6. The fraction of sp³-hybridized carbons (Fsp3) is 0.250. The van der Waals surface area contributed by atoms with Crippen molar-refractivity contribution in [2.45, 2.75) is 11.3 Å². The van der Waals surface area contributed by atoms with Crippen LogP contribution in [0.15, 0.2) is 33.8 Å². The number of anilines is 1. The van der Waals surface area contributed by atoms with Gasteiger partial charge in [-0.1, -0.05) is 15.9 Å². The number of benzene rings is 1. The van der Waals surface area contributed by atoms with Gasteiger partial charge in [0.1, 0.15) is 0 Å². The molecule has 2 aromatic rings. The zero-order chi connectivity index (χ0) is 12.3. The van der Waals surface area contributed by atoms with Gasteiger partial charge in [0.05, 0.1) is 17.4 Å². The molecule has 0 radical (unpaired) electrons. The molecule has 1 aromatic heterocycles. The number of nitrogen functional groups attached to an aromatic ring is 1. The van der Waals surface area contributed by atoms with Crippen LogP contribution in [0.2, 0.25) is 0 Å². The lowest BCUT2D eigenvalue weighted by atomic mass is 10.2. The average molecular weight is 313 g/mol. The second-order valence-electron chi connectivity index (χ2n) is 3.63. The van der Waals surface area contributed by atoms with Gasteiger partial charge < -0.3 is 10.8 Å². The van der Waals surface area contributed by atoms with Crippen LogP contribution >= 0.6 is 27.7 Å². The molecule has 5 heteroatoms. The van der Waals surface area contributed by atoms with Crippen LogP contribution in [-0.4, -0.2) is 22.5 Å². The van der Waals surface area contributed by atoms with Crippen molar-refractivity contribution >= 4 is 44.3 Å². The van der Waals surface area contributed by atoms with Gasteiger partial charge in [-0.2, -0.15) is 0 Å². The van der Waals surface area contributed by atoms with Gasteiger partial charge in [0.25, 0.3) is 0 Å². The van der Waals surface area contributed by atoms with E-state index in [2.05, 4.69) is 20.9 Å². The first-order valence-electron chi connectivity index (χ1n) is 5.30. The summed E-state index contributed by atoms with van der Waals surface area (Å²) in [5.74, 6) is 0.853. The van der Waals surface area contributed by atoms with Gasteiger partial charge in [0, 0.05) is 27.1 Å². The van der Waals surface area contributed by atoms with Crippen molar-refractivity contribution in [3.8, 4) is 0 Å². The maximum absolute atomic E-state index is 8.81. The average Bonchev–Trinajstić information content (AvgIpc) is 2.32. The smallest absolute Gasteiger partial charge is 0.0715 e. The first kappa shape index (κ1) is 12.7. The van der Waals surface area contributed by atoms with Gasteiger partial charge in [-0.15, -0.1) is 11.8 Å². The van der Waals surface area contributed by atoms with E-state index in [9.17, 15) is 0 Å². The number of thioether (sulfide) groups is 1. The number of rotatable bonds is 4. The van der Waals surface area contributed by atoms with E-state index in [1.54, 1.807) is 18.0 Å². The molecule has 0 unspecified atom stereocenters. The summed E-state index contributed by atoms with van der Waals surface area (Å²) in [4.78, 5) is 5.35. The Labute approximate surface area is 113 Å². The SMILES string of the molecule is Nc1cnc2ccc(Br)cc2c1SCCCO. The second kappa shape index (κ2) is 5.71. The fourth-order valence-electron chi connectivity index (χ4n) is 1.56. The first-order chi connectivity index (χ1) is 8.22. The minimum Gasteiger partial charge on any atom is -0.397 e. The Morgan fingerprint density at radius 2 is 2.24 bits per heavy atom. The minimum absolute atomic E-state index is 0.208. The second-order valence-corrected chi connectivity index (χ2v) is 5.65. The van der Waals surface area contributed by atoms with Crippen molar-refractivity contribution in [2.75, 3.05) is 18.1 Å². The normalized spacial score (nSPS) is 10.9. The van der Waals surface area contributed by atoms with Gasteiger partial charge in [-0.3, -0.25) is 4.98 Å². The molecule has 2 rings (SSSR count). The highest BCUT2D eigenvalue weighted by Gasteiger charge is 2.07. The number of nitrogens with two attached hydrogens (primary N) is 1. The molecule has 3 nitrogen and oxygen atoms in total. The molecule has 0 bridgehead atoms. The molecule has 17 heavy (non-hydrogen) atoms. The van der Waals surface area contributed by atoms with E-state index >= 15 is 0 Å². The molecule has 0 atom stereocenters. The van der Waals surface area contributed by atoms with Crippen molar-refractivity contribution in [3.05, 3.63) is 28.9 Å².